The normalized spacial score (nSPS) is 10.4. The Morgan fingerprint density at radius 2 is 2.25 bits per heavy atom. The lowest BCUT2D eigenvalue weighted by molar-refractivity contribution is -0.115. The highest BCUT2D eigenvalue weighted by Crippen LogP contribution is 2.24. The Bertz CT molecular complexity index is 692. The van der Waals surface area contributed by atoms with Gasteiger partial charge in [0, 0.05) is 23.3 Å². The zero-order valence-corrected chi connectivity index (χ0v) is 12.1. The van der Waals surface area contributed by atoms with E-state index in [1.165, 1.54) is 11.3 Å². The standard InChI is InChI=1S/C14H11N3OS2/c18-13(6-10-3-5-19-8-10)17-14-16-12(9-20-14)11-2-1-4-15-7-11/h1-5,7-9H,6H2,(H,16,17,18). The van der Waals surface area contributed by atoms with Crippen LogP contribution in [-0.2, 0) is 11.2 Å². The molecule has 1 N–H and O–H groups in total. The topological polar surface area (TPSA) is 54.9 Å². The molecule has 3 heterocycles. The molecule has 0 fully saturated rings. The third-order valence-corrected chi connectivity index (χ3v) is 4.14. The minimum absolute atomic E-state index is 0.0458. The SMILES string of the molecule is O=C(Cc1ccsc1)Nc1nc(-c2cccnc2)cs1. The van der Waals surface area contributed by atoms with Gasteiger partial charge in [0.1, 0.15) is 0 Å². The summed E-state index contributed by atoms with van der Waals surface area (Å²) in [6, 6.07) is 5.76. The first-order valence-electron chi connectivity index (χ1n) is 5.98. The highest BCUT2D eigenvalue weighted by Gasteiger charge is 2.09. The molecule has 1 amide bonds. The van der Waals surface area contributed by atoms with Gasteiger partial charge in [-0.1, -0.05) is 0 Å². The number of anilines is 1. The molecule has 0 aliphatic rings. The second-order valence-electron chi connectivity index (χ2n) is 4.14. The van der Waals surface area contributed by atoms with Crippen LogP contribution in [-0.4, -0.2) is 15.9 Å². The Hall–Kier alpha value is -2.05. The van der Waals surface area contributed by atoms with Crippen LogP contribution in [0.25, 0.3) is 11.3 Å². The molecule has 3 rings (SSSR count). The minimum atomic E-state index is -0.0458. The molecule has 3 aromatic rings. The number of thiazole rings is 1. The van der Waals surface area contributed by atoms with E-state index in [0.717, 1.165) is 16.8 Å². The first-order valence-corrected chi connectivity index (χ1v) is 7.80. The maximum Gasteiger partial charge on any atom is 0.230 e. The summed E-state index contributed by atoms with van der Waals surface area (Å²) in [4.78, 5) is 20.3. The molecular formula is C14H11N3OS2. The van der Waals surface area contributed by atoms with Crippen molar-refractivity contribution in [2.24, 2.45) is 0 Å². The van der Waals surface area contributed by atoms with E-state index >= 15 is 0 Å². The number of thiophene rings is 1. The van der Waals surface area contributed by atoms with Crippen LogP contribution in [0.1, 0.15) is 5.56 Å². The van der Waals surface area contributed by atoms with Crippen LogP contribution in [0.4, 0.5) is 5.13 Å². The van der Waals surface area contributed by atoms with Crippen molar-refractivity contribution in [2.45, 2.75) is 6.42 Å². The van der Waals surface area contributed by atoms with Crippen molar-refractivity contribution >= 4 is 33.7 Å². The van der Waals surface area contributed by atoms with Gasteiger partial charge in [0.25, 0.3) is 0 Å². The Balaban J connectivity index is 1.67. The van der Waals surface area contributed by atoms with Crippen LogP contribution >= 0.6 is 22.7 Å². The summed E-state index contributed by atoms with van der Waals surface area (Å²) in [6.07, 6.45) is 3.86. The summed E-state index contributed by atoms with van der Waals surface area (Å²) in [5, 5.41) is 9.29. The lowest BCUT2D eigenvalue weighted by Crippen LogP contribution is -2.13. The molecular weight excluding hydrogens is 290 g/mol. The van der Waals surface area contributed by atoms with Crippen molar-refractivity contribution < 1.29 is 4.79 Å². The number of hydrogen-bond acceptors (Lipinski definition) is 5. The predicted molar refractivity (Wildman–Crippen MR) is 82.0 cm³/mol. The molecule has 0 spiro atoms. The van der Waals surface area contributed by atoms with Crippen LogP contribution in [0.5, 0.6) is 0 Å². The Morgan fingerprint density at radius 3 is 3.00 bits per heavy atom. The van der Waals surface area contributed by atoms with E-state index in [0.29, 0.717) is 11.6 Å². The number of hydrogen-bond donors (Lipinski definition) is 1. The Morgan fingerprint density at radius 1 is 1.30 bits per heavy atom. The summed E-state index contributed by atoms with van der Waals surface area (Å²) in [7, 11) is 0. The third kappa shape index (κ3) is 3.09. The molecule has 0 aliphatic heterocycles. The zero-order valence-electron chi connectivity index (χ0n) is 10.4. The average molecular weight is 301 g/mol. The smallest absolute Gasteiger partial charge is 0.230 e. The maximum absolute atomic E-state index is 11.9. The van der Waals surface area contributed by atoms with Gasteiger partial charge in [-0.15, -0.1) is 11.3 Å². The fourth-order valence-electron chi connectivity index (χ4n) is 1.72. The monoisotopic (exact) mass is 301 g/mol. The van der Waals surface area contributed by atoms with Crippen LogP contribution < -0.4 is 5.32 Å². The fraction of sp³-hybridized carbons (Fsp3) is 0.0714. The molecule has 0 aromatic carbocycles. The summed E-state index contributed by atoms with van der Waals surface area (Å²) in [5.74, 6) is -0.0458. The quantitative estimate of drug-likeness (QED) is 0.803. The third-order valence-electron chi connectivity index (χ3n) is 2.65. The largest absolute Gasteiger partial charge is 0.302 e. The number of amides is 1. The molecule has 3 aromatic heterocycles. The lowest BCUT2D eigenvalue weighted by Gasteiger charge is -1.99. The molecule has 0 unspecified atom stereocenters. The number of carbonyl (C=O) groups excluding carboxylic acids is 1. The Labute approximate surface area is 124 Å². The van der Waals surface area contributed by atoms with Crippen LogP contribution in [0.15, 0.2) is 46.7 Å². The van der Waals surface area contributed by atoms with Crippen molar-refractivity contribution in [1.82, 2.24) is 9.97 Å². The highest BCUT2D eigenvalue weighted by molar-refractivity contribution is 7.14. The van der Waals surface area contributed by atoms with Gasteiger partial charge in [0.05, 0.1) is 12.1 Å². The molecule has 0 bridgehead atoms. The van der Waals surface area contributed by atoms with Crippen LogP contribution in [0.2, 0.25) is 0 Å². The van der Waals surface area contributed by atoms with Gasteiger partial charge in [-0.2, -0.15) is 11.3 Å². The predicted octanol–water partition coefficient (Wildman–Crippen LogP) is 3.45. The second-order valence-corrected chi connectivity index (χ2v) is 5.77. The summed E-state index contributed by atoms with van der Waals surface area (Å²) >= 11 is 3.01. The average Bonchev–Trinajstić information content (AvgIpc) is 3.11. The van der Waals surface area contributed by atoms with Crippen molar-refractivity contribution in [3.8, 4) is 11.3 Å². The summed E-state index contributed by atoms with van der Waals surface area (Å²) < 4.78 is 0. The van der Waals surface area contributed by atoms with Gasteiger partial charge in [-0.25, -0.2) is 4.98 Å². The molecule has 20 heavy (non-hydrogen) atoms. The van der Waals surface area contributed by atoms with Gasteiger partial charge >= 0.3 is 0 Å². The molecule has 0 saturated heterocycles. The number of pyridine rings is 1. The van der Waals surface area contributed by atoms with E-state index in [4.69, 9.17) is 0 Å². The molecule has 0 radical (unpaired) electrons. The second kappa shape index (κ2) is 5.94. The van der Waals surface area contributed by atoms with Crippen molar-refractivity contribution in [1.29, 1.82) is 0 Å². The molecule has 4 nitrogen and oxygen atoms in total. The van der Waals surface area contributed by atoms with E-state index in [1.807, 2.05) is 34.3 Å². The van der Waals surface area contributed by atoms with Gasteiger partial charge in [-0.3, -0.25) is 9.78 Å². The van der Waals surface area contributed by atoms with Gasteiger partial charge in [0.2, 0.25) is 5.91 Å². The number of nitrogens with zero attached hydrogens (tertiary/aromatic N) is 2. The van der Waals surface area contributed by atoms with E-state index < -0.39 is 0 Å². The molecule has 6 heteroatoms. The highest BCUT2D eigenvalue weighted by atomic mass is 32.1. The lowest BCUT2D eigenvalue weighted by atomic mass is 10.2. The van der Waals surface area contributed by atoms with E-state index in [1.54, 1.807) is 23.7 Å². The molecule has 0 saturated carbocycles. The van der Waals surface area contributed by atoms with Crippen molar-refractivity contribution in [3.05, 3.63) is 52.3 Å². The molecule has 0 atom stereocenters. The number of carbonyl (C=O) groups is 1. The van der Waals surface area contributed by atoms with E-state index in [2.05, 4.69) is 15.3 Å². The fourth-order valence-corrected chi connectivity index (χ4v) is 3.12. The van der Waals surface area contributed by atoms with E-state index in [-0.39, 0.29) is 5.91 Å². The molecule has 100 valence electrons. The molecule has 0 aliphatic carbocycles. The van der Waals surface area contributed by atoms with Crippen LogP contribution in [0.3, 0.4) is 0 Å². The number of rotatable bonds is 4. The van der Waals surface area contributed by atoms with E-state index in [9.17, 15) is 4.79 Å². The Kier molecular flexibility index (Phi) is 3.85. The minimum Gasteiger partial charge on any atom is -0.302 e. The summed E-state index contributed by atoms with van der Waals surface area (Å²) in [6.45, 7) is 0. The van der Waals surface area contributed by atoms with Gasteiger partial charge in [0.15, 0.2) is 5.13 Å². The van der Waals surface area contributed by atoms with Crippen LogP contribution in [0, 0.1) is 0 Å². The van der Waals surface area contributed by atoms with Gasteiger partial charge < -0.3 is 5.32 Å². The van der Waals surface area contributed by atoms with Gasteiger partial charge in [-0.05, 0) is 34.5 Å². The number of nitrogens with one attached hydrogen (secondary N) is 1. The first-order chi connectivity index (χ1) is 9.81. The zero-order chi connectivity index (χ0) is 13.8. The van der Waals surface area contributed by atoms with Crippen molar-refractivity contribution in [2.75, 3.05) is 5.32 Å². The summed E-state index contributed by atoms with van der Waals surface area (Å²) in [5.41, 5.74) is 2.80. The number of aromatic nitrogens is 2. The van der Waals surface area contributed by atoms with Crippen molar-refractivity contribution in [3.63, 3.8) is 0 Å². The maximum atomic E-state index is 11.9. The first kappa shape index (κ1) is 13.0.